The molecule has 1 aliphatic carbocycles. The van der Waals surface area contributed by atoms with Crippen LogP contribution in [-0.2, 0) is 5.41 Å². The van der Waals surface area contributed by atoms with Crippen LogP contribution < -0.4 is 5.32 Å². The topological polar surface area (TPSA) is 29.3 Å². The van der Waals surface area contributed by atoms with Crippen LogP contribution >= 0.6 is 0 Å². The predicted molar refractivity (Wildman–Crippen MR) is 268 cm³/mol. The number of aromatic nitrogens is 1. The first-order valence-electron chi connectivity index (χ1n) is 22.6. The number of rotatable bonds is 10. The van der Waals surface area contributed by atoms with Gasteiger partial charge in [0.25, 0.3) is 0 Å². The molecular weight excluding hydrogens is 775 g/mol. The molecule has 308 valence electrons. The number of aliphatic imine (C=N–C) groups is 1. The monoisotopic (exact) mass is 823 g/mol. The Labute approximate surface area is 376 Å². The standard InChI is InChI=1S/C61H49N3/c1-3-42(2)59(45-23-10-5-11-24-45)63-60(46-37-35-44(36-38-46)43-21-8-4-9-22-43)62-49-29-20-30-50(39-49)64-57-34-19-17-32-52(57)54-40-53-51-31-16-18-33-55(51)61(56(53)41-58(54)64,47-25-12-6-13-26-47)48-27-14-7-15-28-48/h4-42,59H,3H2,1-2H3,(H,62,63). The Morgan fingerprint density at radius 1 is 0.516 bits per heavy atom. The summed E-state index contributed by atoms with van der Waals surface area (Å²) in [6.45, 7) is 4.59. The van der Waals surface area contributed by atoms with E-state index >= 15 is 0 Å². The maximum Gasteiger partial charge on any atom is 0.134 e. The van der Waals surface area contributed by atoms with Gasteiger partial charge >= 0.3 is 0 Å². The highest BCUT2D eigenvalue weighted by atomic mass is 15.0. The Morgan fingerprint density at radius 2 is 1.12 bits per heavy atom. The van der Waals surface area contributed by atoms with E-state index in [4.69, 9.17) is 4.99 Å². The van der Waals surface area contributed by atoms with Crippen molar-refractivity contribution in [3.8, 4) is 27.9 Å². The van der Waals surface area contributed by atoms with Crippen molar-refractivity contribution in [3.05, 3.63) is 264 Å². The van der Waals surface area contributed by atoms with E-state index in [1.807, 2.05) is 0 Å². The van der Waals surface area contributed by atoms with Gasteiger partial charge in [0.1, 0.15) is 5.84 Å². The molecule has 1 N–H and O–H groups in total. The number of hydrogen-bond donors (Lipinski definition) is 1. The van der Waals surface area contributed by atoms with E-state index in [1.165, 1.54) is 66.4 Å². The van der Waals surface area contributed by atoms with Crippen molar-refractivity contribution >= 4 is 33.3 Å². The third-order valence-corrected chi connectivity index (χ3v) is 13.5. The molecule has 0 amide bonds. The first-order chi connectivity index (χ1) is 31.6. The van der Waals surface area contributed by atoms with Gasteiger partial charge in [-0.25, -0.2) is 4.99 Å². The third-order valence-electron chi connectivity index (χ3n) is 13.5. The van der Waals surface area contributed by atoms with Gasteiger partial charge in [0.2, 0.25) is 0 Å². The van der Waals surface area contributed by atoms with Crippen LogP contribution in [0.4, 0.5) is 5.69 Å². The summed E-state index contributed by atoms with van der Waals surface area (Å²) in [5.74, 6) is 1.21. The smallest absolute Gasteiger partial charge is 0.134 e. The van der Waals surface area contributed by atoms with Crippen LogP contribution in [-0.4, -0.2) is 10.4 Å². The van der Waals surface area contributed by atoms with Crippen molar-refractivity contribution in [1.82, 2.24) is 9.88 Å². The SMILES string of the molecule is CCC(C)C(NC(=Nc1cccc(-n2c3ccccc3c3cc4c(cc32)C(c2ccccc2)(c2ccccc2)c2ccccc2-4)c1)c1ccc(-c2ccccc2)cc1)c1ccccc1. The van der Waals surface area contributed by atoms with Crippen LogP contribution in [0.1, 0.15) is 59.7 Å². The first kappa shape index (κ1) is 39.1. The Morgan fingerprint density at radius 3 is 1.83 bits per heavy atom. The molecule has 64 heavy (non-hydrogen) atoms. The Hall–Kier alpha value is -7.75. The lowest BCUT2D eigenvalue weighted by molar-refractivity contribution is 0.423. The van der Waals surface area contributed by atoms with Crippen molar-refractivity contribution < 1.29 is 0 Å². The van der Waals surface area contributed by atoms with Gasteiger partial charge in [-0.05, 0) is 92.4 Å². The summed E-state index contributed by atoms with van der Waals surface area (Å²) < 4.78 is 2.45. The van der Waals surface area contributed by atoms with Crippen LogP contribution in [0.2, 0.25) is 0 Å². The minimum Gasteiger partial charge on any atom is -0.362 e. The molecule has 0 saturated carbocycles. The fourth-order valence-corrected chi connectivity index (χ4v) is 10.2. The number of nitrogens with one attached hydrogen (secondary N) is 1. The van der Waals surface area contributed by atoms with Gasteiger partial charge in [0, 0.05) is 22.0 Å². The first-order valence-corrected chi connectivity index (χ1v) is 22.6. The van der Waals surface area contributed by atoms with Crippen molar-refractivity contribution in [2.75, 3.05) is 0 Å². The molecule has 3 nitrogen and oxygen atoms in total. The predicted octanol–water partition coefficient (Wildman–Crippen LogP) is 15.3. The number of benzene rings is 9. The van der Waals surface area contributed by atoms with E-state index < -0.39 is 5.41 Å². The summed E-state index contributed by atoms with van der Waals surface area (Å²) in [7, 11) is 0. The molecule has 0 bridgehead atoms. The molecule has 2 atom stereocenters. The van der Waals surface area contributed by atoms with E-state index in [0.717, 1.165) is 34.7 Å². The van der Waals surface area contributed by atoms with Crippen molar-refractivity contribution in [2.45, 2.75) is 31.7 Å². The van der Waals surface area contributed by atoms with Gasteiger partial charge in [-0.15, -0.1) is 0 Å². The molecule has 2 unspecified atom stereocenters. The van der Waals surface area contributed by atoms with Gasteiger partial charge in [-0.2, -0.15) is 0 Å². The Kier molecular flexibility index (Phi) is 10.1. The second-order valence-electron chi connectivity index (χ2n) is 17.1. The summed E-state index contributed by atoms with van der Waals surface area (Å²) in [6, 6.07) is 83.9. The fourth-order valence-electron chi connectivity index (χ4n) is 10.2. The zero-order chi connectivity index (χ0) is 43.0. The van der Waals surface area contributed by atoms with Gasteiger partial charge in [-0.3, -0.25) is 0 Å². The zero-order valence-electron chi connectivity index (χ0n) is 36.2. The average Bonchev–Trinajstić information content (AvgIpc) is 3.85. The van der Waals surface area contributed by atoms with E-state index in [2.05, 4.69) is 254 Å². The van der Waals surface area contributed by atoms with Gasteiger partial charge in [0.15, 0.2) is 0 Å². The van der Waals surface area contributed by atoms with Gasteiger partial charge in [0.05, 0.1) is 28.2 Å². The van der Waals surface area contributed by atoms with Crippen LogP contribution in [0, 0.1) is 5.92 Å². The second kappa shape index (κ2) is 16.5. The maximum atomic E-state index is 5.52. The molecule has 3 heteroatoms. The highest BCUT2D eigenvalue weighted by Gasteiger charge is 2.46. The van der Waals surface area contributed by atoms with Crippen LogP contribution in [0.25, 0.3) is 49.7 Å². The molecule has 9 aromatic carbocycles. The normalized spacial score (nSPS) is 13.9. The van der Waals surface area contributed by atoms with Crippen LogP contribution in [0.3, 0.4) is 0 Å². The molecule has 0 fully saturated rings. The summed E-state index contributed by atoms with van der Waals surface area (Å²) in [5, 5.41) is 6.44. The van der Waals surface area contributed by atoms with Crippen LogP contribution in [0.15, 0.2) is 236 Å². The number of fused-ring (bicyclic) bond motifs is 6. The summed E-state index contributed by atoms with van der Waals surface area (Å²) >= 11 is 0. The molecule has 1 heterocycles. The number of para-hydroxylation sites is 1. The van der Waals surface area contributed by atoms with E-state index in [9.17, 15) is 0 Å². The summed E-state index contributed by atoms with van der Waals surface area (Å²) in [6.07, 6.45) is 1.03. The molecular formula is C61H49N3. The molecule has 0 saturated heterocycles. The number of hydrogen-bond acceptors (Lipinski definition) is 1. The van der Waals surface area contributed by atoms with Crippen molar-refractivity contribution in [1.29, 1.82) is 0 Å². The fraction of sp³-hybridized carbons (Fsp3) is 0.0984. The maximum absolute atomic E-state index is 5.52. The highest BCUT2D eigenvalue weighted by molar-refractivity contribution is 6.12. The van der Waals surface area contributed by atoms with E-state index in [-0.39, 0.29) is 6.04 Å². The van der Waals surface area contributed by atoms with Gasteiger partial charge < -0.3 is 9.88 Å². The Balaban J connectivity index is 1.10. The van der Waals surface area contributed by atoms with Crippen LogP contribution in [0.5, 0.6) is 0 Å². The number of amidine groups is 1. The number of nitrogens with zero attached hydrogens (tertiary/aromatic N) is 2. The van der Waals surface area contributed by atoms with Gasteiger partial charge in [-0.1, -0.05) is 214 Å². The van der Waals surface area contributed by atoms with Crippen molar-refractivity contribution in [2.24, 2.45) is 10.9 Å². The molecule has 11 rings (SSSR count). The minimum atomic E-state index is -0.502. The Bertz CT molecular complexity index is 3240. The minimum absolute atomic E-state index is 0.0694. The third kappa shape index (κ3) is 6.64. The zero-order valence-corrected chi connectivity index (χ0v) is 36.2. The lowest BCUT2D eigenvalue weighted by atomic mass is 9.67. The lowest BCUT2D eigenvalue weighted by Gasteiger charge is -2.34. The summed E-state index contributed by atoms with van der Waals surface area (Å²) in [5.41, 5.74) is 16.1. The summed E-state index contributed by atoms with van der Waals surface area (Å²) in [4.78, 5) is 5.52. The molecule has 0 spiro atoms. The average molecular weight is 824 g/mol. The van der Waals surface area contributed by atoms with Crippen molar-refractivity contribution in [3.63, 3.8) is 0 Å². The largest absolute Gasteiger partial charge is 0.362 e. The van der Waals surface area contributed by atoms with E-state index in [0.29, 0.717) is 5.92 Å². The molecule has 0 aliphatic heterocycles. The molecule has 10 aromatic rings. The quantitative estimate of drug-likeness (QED) is 0.108. The second-order valence-corrected chi connectivity index (χ2v) is 17.1. The molecule has 0 radical (unpaired) electrons. The van der Waals surface area contributed by atoms with E-state index in [1.54, 1.807) is 0 Å². The molecule has 1 aromatic heterocycles. The lowest BCUT2D eigenvalue weighted by Crippen LogP contribution is -2.33. The molecule has 1 aliphatic rings. The highest BCUT2D eigenvalue weighted by Crippen LogP contribution is 2.57.